The summed E-state index contributed by atoms with van der Waals surface area (Å²) in [6.07, 6.45) is 2.15. The Morgan fingerprint density at radius 3 is 2.06 bits per heavy atom. The lowest BCUT2D eigenvalue weighted by Crippen LogP contribution is -2.67. The van der Waals surface area contributed by atoms with Crippen LogP contribution in [0, 0.1) is 20.8 Å². The van der Waals surface area contributed by atoms with Crippen LogP contribution >= 0.6 is 0 Å². The lowest BCUT2D eigenvalue weighted by Gasteiger charge is -2.32. The van der Waals surface area contributed by atoms with Gasteiger partial charge in [0.15, 0.2) is 17.6 Å². The molecule has 4 heteroatoms. The number of benzene rings is 4. The molecule has 4 nitrogen and oxygen atoms in total. The summed E-state index contributed by atoms with van der Waals surface area (Å²) in [5.41, 5.74) is 14.5. The molecule has 0 saturated carbocycles. The highest BCUT2D eigenvalue weighted by Gasteiger charge is 2.60. The van der Waals surface area contributed by atoms with Crippen LogP contribution in [0.2, 0.25) is 0 Å². The predicted molar refractivity (Wildman–Crippen MR) is 200 cm³/mol. The Hall–Kier alpha value is -5.87. The van der Waals surface area contributed by atoms with Crippen molar-refractivity contribution in [2.45, 2.75) is 39.3 Å². The Balaban J connectivity index is 1.50. The quantitative estimate of drug-likeness (QED) is 0.171. The molecular weight excluding hydrogens is 611 g/mol. The number of aryl methyl sites for hydroxylation is 4. The van der Waals surface area contributed by atoms with Gasteiger partial charge in [0.1, 0.15) is 18.2 Å². The highest BCUT2D eigenvalue weighted by molar-refractivity contribution is 6.06. The van der Waals surface area contributed by atoms with Crippen LogP contribution in [-0.4, -0.2) is 0 Å². The smallest absolute Gasteiger partial charge is 0.257 e. The third-order valence-electron chi connectivity index (χ3n) is 11.0. The van der Waals surface area contributed by atoms with E-state index in [0.717, 1.165) is 27.6 Å². The van der Waals surface area contributed by atoms with E-state index in [1.54, 1.807) is 0 Å². The lowest BCUT2D eigenvalue weighted by molar-refractivity contribution is -0.824. The molecule has 1 aliphatic heterocycles. The number of pyridine rings is 3. The fraction of sp³-hybridized carbons (Fsp3) is 0.152. The second-order valence-corrected chi connectivity index (χ2v) is 14.0. The van der Waals surface area contributed by atoms with Crippen LogP contribution in [0.3, 0.4) is 0 Å². The summed E-state index contributed by atoms with van der Waals surface area (Å²) in [7, 11) is 2.15. The second-order valence-electron chi connectivity index (χ2n) is 14.0. The minimum Gasteiger partial charge on any atom is -0.456 e. The van der Waals surface area contributed by atoms with E-state index in [0.29, 0.717) is 0 Å². The predicted octanol–water partition coefficient (Wildman–Crippen LogP) is 9.28. The van der Waals surface area contributed by atoms with Crippen molar-refractivity contribution >= 4 is 21.9 Å². The molecule has 0 fully saturated rings. The van der Waals surface area contributed by atoms with Crippen molar-refractivity contribution in [3.63, 3.8) is 0 Å². The van der Waals surface area contributed by atoms with Gasteiger partial charge >= 0.3 is 0 Å². The molecule has 0 N–H and O–H groups in total. The van der Waals surface area contributed by atoms with Crippen LogP contribution in [0.25, 0.3) is 55.7 Å². The van der Waals surface area contributed by atoms with E-state index >= 15 is 0 Å². The zero-order valence-corrected chi connectivity index (χ0v) is 29.2. The van der Waals surface area contributed by atoms with Crippen LogP contribution in [0.5, 0.6) is 0 Å². The van der Waals surface area contributed by atoms with E-state index in [4.69, 9.17) is 4.42 Å². The van der Waals surface area contributed by atoms with E-state index in [9.17, 15) is 0 Å². The lowest BCUT2D eigenvalue weighted by atomic mass is 9.76. The molecule has 5 heterocycles. The molecule has 9 rings (SSSR count). The summed E-state index contributed by atoms with van der Waals surface area (Å²) < 4.78 is 14.1. The van der Waals surface area contributed by atoms with Crippen molar-refractivity contribution in [2.24, 2.45) is 7.05 Å². The summed E-state index contributed by atoms with van der Waals surface area (Å²) in [5.74, 6) is 0. The Morgan fingerprint density at radius 1 is 0.560 bits per heavy atom. The maximum absolute atomic E-state index is 6.71. The van der Waals surface area contributed by atoms with Crippen LogP contribution in [0.4, 0.5) is 0 Å². The minimum atomic E-state index is -0.660. The molecule has 2 unspecified atom stereocenters. The number of para-hydroxylation sites is 1. The van der Waals surface area contributed by atoms with Crippen molar-refractivity contribution in [1.29, 1.82) is 0 Å². The largest absolute Gasteiger partial charge is 0.456 e. The van der Waals surface area contributed by atoms with Gasteiger partial charge in [-0.05, 0) is 61.0 Å². The third kappa shape index (κ3) is 4.34. The first-order chi connectivity index (χ1) is 24.4. The number of rotatable bonds is 5. The Morgan fingerprint density at radius 2 is 1.24 bits per heavy atom. The maximum Gasteiger partial charge on any atom is 0.257 e. The summed E-state index contributed by atoms with van der Waals surface area (Å²) in [5, 5.41) is 2.25. The van der Waals surface area contributed by atoms with Gasteiger partial charge < -0.3 is 4.42 Å². The van der Waals surface area contributed by atoms with E-state index < -0.39 is 5.54 Å². The molecule has 0 saturated heterocycles. The van der Waals surface area contributed by atoms with Crippen molar-refractivity contribution in [2.75, 3.05) is 0 Å². The number of hydrogen-bond donors (Lipinski definition) is 0. The Kier molecular flexibility index (Phi) is 6.86. The highest BCUT2D eigenvalue weighted by Crippen LogP contribution is 2.48. The normalized spacial score (nSPS) is 14.9. The van der Waals surface area contributed by atoms with Crippen LogP contribution in [-0.2, 0) is 12.6 Å². The Labute approximate surface area is 293 Å². The van der Waals surface area contributed by atoms with Gasteiger partial charge in [0.05, 0.1) is 11.1 Å². The molecular formula is C46H40N3O+3. The van der Waals surface area contributed by atoms with Gasteiger partial charge in [-0.25, -0.2) is 4.57 Å². The molecule has 1 aliphatic rings. The van der Waals surface area contributed by atoms with Gasteiger partial charge in [0.2, 0.25) is 17.1 Å². The van der Waals surface area contributed by atoms with Crippen molar-refractivity contribution in [3.8, 4) is 33.8 Å². The number of hydrogen-bond acceptors (Lipinski definition) is 1. The fourth-order valence-electron chi connectivity index (χ4n) is 8.75. The molecule has 0 radical (unpaired) electrons. The topological polar surface area (TPSA) is 24.8 Å². The summed E-state index contributed by atoms with van der Waals surface area (Å²) in [6.45, 7) is 9.17. The monoisotopic (exact) mass is 650 g/mol. The molecule has 8 aromatic rings. The van der Waals surface area contributed by atoms with Crippen molar-refractivity contribution in [3.05, 3.63) is 174 Å². The molecule has 0 bridgehead atoms. The van der Waals surface area contributed by atoms with Crippen LogP contribution in [0.1, 0.15) is 41.0 Å². The molecule has 0 spiro atoms. The standard InChI is InChI=1S/C46H40N3O/c1-30-16-6-7-19-33(30)42-25-15-18-32(3)49(42)46(4,45-36-22-9-8-20-34(36)41-24-14-17-31(2)48(41)45)39-29-44-37(35-21-10-11-26-43(35)50-44)28-38(39)40-23-12-13-27-47(40)5/h6-29,45H,1-5H3/q+3. The van der Waals surface area contributed by atoms with E-state index in [-0.39, 0.29) is 6.04 Å². The van der Waals surface area contributed by atoms with Crippen LogP contribution in [0.15, 0.2) is 150 Å². The van der Waals surface area contributed by atoms with Gasteiger partial charge in [-0.3, -0.25) is 0 Å². The first-order valence-corrected chi connectivity index (χ1v) is 17.5. The Bertz CT molecular complexity index is 2630. The van der Waals surface area contributed by atoms with E-state index in [1.165, 1.54) is 56.2 Å². The first kappa shape index (κ1) is 30.2. The SMILES string of the molecule is Cc1ccccc1-c1cccc(C)[n+]1C(C)(c1cc2oc3ccccc3c2cc1-c1cccc[n+]1C)C1c2ccccc2-c2cccc(C)[n+]21. The average Bonchev–Trinajstić information content (AvgIpc) is 3.68. The number of furan rings is 1. The third-order valence-corrected chi connectivity index (χ3v) is 11.0. The molecule has 50 heavy (non-hydrogen) atoms. The minimum absolute atomic E-state index is 0.0848. The molecule has 4 aromatic heterocycles. The summed E-state index contributed by atoms with van der Waals surface area (Å²) in [6, 6.07) is 50.7. The average molecular weight is 651 g/mol. The van der Waals surface area contributed by atoms with Crippen LogP contribution < -0.4 is 13.7 Å². The number of nitrogens with zero attached hydrogens (tertiary/aromatic N) is 3. The first-order valence-electron chi connectivity index (χ1n) is 17.5. The van der Waals surface area contributed by atoms with E-state index in [1.807, 2.05) is 0 Å². The molecule has 4 aromatic carbocycles. The van der Waals surface area contributed by atoms with Gasteiger partial charge in [0, 0.05) is 84.6 Å². The molecule has 0 amide bonds. The van der Waals surface area contributed by atoms with Crippen molar-refractivity contribution < 1.29 is 18.1 Å². The van der Waals surface area contributed by atoms with Gasteiger partial charge in [0.25, 0.3) is 11.6 Å². The van der Waals surface area contributed by atoms with Gasteiger partial charge in [-0.15, -0.1) is 0 Å². The number of aromatic nitrogens is 3. The highest BCUT2D eigenvalue weighted by atomic mass is 16.3. The summed E-state index contributed by atoms with van der Waals surface area (Å²) in [4.78, 5) is 0. The fourth-order valence-corrected chi connectivity index (χ4v) is 8.75. The number of fused-ring (bicyclic) bond motifs is 6. The molecule has 0 aliphatic carbocycles. The summed E-state index contributed by atoms with van der Waals surface area (Å²) >= 11 is 0. The molecule has 242 valence electrons. The maximum atomic E-state index is 6.71. The zero-order valence-electron chi connectivity index (χ0n) is 29.2. The second kappa shape index (κ2) is 11.3. The molecule has 2 atom stereocenters. The van der Waals surface area contributed by atoms with Crippen molar-refractivity contribution in [1.82, 2.24) is 0 Å². The zero-order chi connectivity index (χ0) is 34.1. The van der Waals surface area contributed by atoms with Gasteiger partial charge in [-0.2, -0.15) is 9.13 Å². The van der Waals surface area contributed by atoms with Gasteiger partial charge in [-0.1, -0.05) is 54.6 Å². The van der Waals surface area contributed by atoms with E-state index in [2.05, 4.69) is 194 Å².